The Morgan fingerprint density at radius 3 is 2.34 bits per heavy atom. The number of alkyl halides is 3. The molecule has 0 radical (unpaired) electrons. The Morgan fingerprint density at radius 1 is 1.14 bits per heavy atom. The van der Waals surface area contributed by atoms with E-state index in [4.69, 9.17) is 32.6 Å². The lowest BCUT2D eigenvalue weighted by atomic mass is 10.1. The van der Waals surface area contributed by atoms with E-state index in [9.17, 15) is 31.5 Å². The monoisotopic (exact) mass is 538 g/mol. The Bertz CT molecular complexity index is 1160. The maximum absolute atomic E-state index is 12.8. The second-order valence-corrected chi connectivity index (χ2v) is 9.14. The van der Waals surface area contributed by atoms with Gasteiger partial charge in [-0.05, 0) is 47.5 Å². The van der Waals surface area contributed by atoms with Crippen LogP contribution in [0.15, 0.2) is 52.5 Å². The second-order valence-electron chi connectivity index (χ2n) is 7.05. The first-order valence-electron chi connectivity index (χ1n) is 9.84. The van der Waals surface area contributed by atoms with Gasteiger partial charge in [-0.2, -0.15) is 17.9 Å². The fourth-order valence-electron chi connectivity index (χ4n) is 2.72. The van der Waals surface area contributed by atoms with Crippen molar-refractivity contribution in [3.8, 4) is 5.75 Å². The smallest absolute Gasteiger partial charge is 0.416 e. The van der Waals surface area contributed by atoms with Crippen molar-refractivity contribution in [3.05, 3.63) is 58.6 Å². The highest BCUT2D eigenvalue weighted by Gasteiger charge is 2.33. The number of nitrogens with zero attached hydrogens (tertiary/aromatic N) is 1. The van der Waals surface area contributed by atoms with Crippen molar-refractivity contribution in [2.45, 2.75) is 30.0 Å². The number of sulfonamides is 1. The predicted molar refractivity (Wildman–Crippen MR) is 120 cm³/mol. The average Bonchev–Trinajstić information content (AvgIpc) is 2.75. The summed E-state index contributed by atoms with van der Waals surface area (Å²) < 4.78 is 71.1. The summed E-state index contributed by atoms with van der Waals surface area (Å²) in [7, 11) is -4.54. The minimum atomic E-state index is -4.72. The van der Waals surface area contributed by atoms with Gasteiger partial charge in [-0.3, -0.25) is 4.79 Å². The molecule has 0 saturated carbocycles. The number of carboxylic acids is 1. The van der Waals surface area contributed by atoms with E-state index in [0.717, 1.165) is 0 Å². The van der Waals surface area contributed by atoms with Crippen molar-refractivity contribution >= 4 is 33.6 Å². The Kier molecular flexibility index (Phi) is 9.56. The summed E-state index contributed by atoms with van der Waals surface area (Å²) in [4.78, 5) is 15.8. The van der Waals surface area contributed by atoms with E-state index in [1.54, 1.807) is 24.3 Å². The molecule has 0 bridgehead atoms. The molecule has 0 aromatic heterocycles. The molecule has 0 fully saturated rings. The first-order chi connectivity index (χ1) is 16.3. The molecule has 15 heteroatoms. The quantitative estimate of drug-likeness (QED) is 0.138. The SMILES string of the molecule is NC(N)=NOCCCOc1ccc(C[C@H](NS(=O)(=O)c2ccc(C(F)(F)F)cc2Cl)C(=O)O)cc1. The molecule has 0 heterocycles. The van der Waals surface area contributed by atoms with Crippen molar-refractivity contribution in [2.75, 3.05) is 13.2 Å². The van der Waals surface area contributed by atoms with E-state index in [1.807, 2.05) is 4.72 Å². The molecule has 0 saturated heterocycles. The molecule has 0 aliphatic carbocycles. The molecule has 0 unspecified atom stereocenters. The molecule has 0 amide bonds. The van der Waals surface area contributed by atoms with Crippen LogP contribution in [0.25, 0.3) is 0 Å². The van der Waals surface area contributed by atoms with Crippen molar-refractivity contribution in [3.63, 3.8) is 0 Å². The predicted octanol–water partition coefficient (Wildman–Crippen LogP) is 2.31. The Morgan fingerprint density at radius 2 is 1.80 bits per heavy atom. The number of hydrogen-bond donors (Lipinski definition) is 4. The van der Waals surface area contributed by atoms with Gasteiger partial charge in [0.05, 0.1) is 17.2 Å². The van der Waals surface area contributed by atoms with Crippen LogP contribution in [-0.2, 0) is 32.3 Å². The highest BCUT2D eigenvalue weighted by Crippen LogP contribution is 2.33. The van der Waals surface area contributed by atoms with E-state index in [2.05, 4.69) is 5.16 Å². The molecular formula is C20H22ClF3N4O6S. The normalized spacial score (nSPS) is 12.6. The topological polar surface area (TPSA) is 166 Å². The number of halogens is 4. The lowest BCUT2D eigenvalue weighted by Gasteiger charge is -2.16. The highest BCUT2D eigenvalue weighted by molar-refractivity contribution is 7.89. The largest absolute Gasteiger partial charge is 0.493 e. The summed E-state index contributed by atoms with van der Waals surface area (Å²) in [6.07, 6.45) is -4.49. The molecule has 2 aromatic carbocycles. The van der Waals surface area contributed by atoms with Crippen LogP contribution in [0.2, 0.25) is 5.02 Å². The molecule has 10 nitrogen and oxygen atoms in total. The highest BCUT2D eigenvalue weighted by atomic mass is 35.5. The number of rotatable bonds is 12. The lowest BCUT2D eigenvalue weighted by molar-refractivity contribution is -0.139. The molecule has 2 rings (SSSR count). The van der Waals surface area contributed by atoms with Gasteiger partial charge in [0.1, 0.15) is 23.3 Å². The summed E-state index contributed by atoms with van der Waals surface area (Å²) in [6, 6.07) is 6.26. The Balaban J connectivity index is 2.02. The molecule has 2 aromatic rings. The van der Waals surface area contributed by atoms with Crippen molar-refractivity contribution in [1.29, 1.82) is 0 Å². The fraction of sp³-hybridized carbons (Fsp3) is 0.300. The summed E-state index contributed by atoms with van der Waals surface area (Å²) in [5, 5.41) is 12.1. The number of ether oxygens (including phenoxy) is 1. The van der Waals surface area contributed by atoms with E-state index < -0.39 is 43.7 Å². The number of oxime groups is 1. The minimum absolute atomic E-state index is 0.203. The Labute approximate surface area is 203 Å². The molecule has 0 aliphatic rings. The third-order valence-corrected chi connectivity index (χ3v) is 6.28. The number of guanidine groups is 1. The van der Waals surface area contributed by atoms with Gasteiger partial charge in [0.15, 0.2) is 0 Å². The zero-order chi connectivity index (χ0) is 26.2. The fourth-order valence-corrected chi connectivity index (χ4v) is 4.45. The maximum Gasteiger partial charge on any atom is 0.416 e. The molecule has 6 N–H and O–H groups in total. The summed E-state index contributed by atoms with van der Waals surface area (Å²) >= 11 is 5.74. The number of carbonyl (C=O) groups is 1. The van der Waals surface area contributed by atoms with Gasteiger partial charge < -0.3 is 26.1 Å². The standard InChI is InChI=1S/C20H22ClF3N4O6S/c21-15-11-13(20(22,23)24)4-7-17(15)35(31,32)28-16(18(29)30)10-12-2-5-14(6-3-12)33-8-1-9-34-27-19(25)26/h2-7,11,16,28H,1,8-10H2,(H,29,30)(H4,25,26,27)/t16-/m0/s1. The van der Waals surface area contributed by atoms with E-state index in [-0.39, 0.29) is 25.6 Å². The Hall–Kier alpha value is -3.23. The van der Waals surface area contributed by atoms with Crippen molar-refractivity contribution < 1.29 is 41.1 Å². The lowest BCUT2D eigenvalue weighted by Crippen LogP contribution is -2.42. The third kappa shape index (κ3) is 8.81. The van der Waals surface area contributed by atoms with Crippen LogP contribution in [0.3, 0.4) is 0 Å². The molecule has 192 valence electrons. The minimum Gasteiger partial charge on any atom is -0.493 e. The molecular weight excluding hydrogens is 517 g/mol. The number of nitrogens with two attached hydrogens (primary N) is 2. The van der Waals surface area contributed by atoms with Gasteiger partial charge in [0.2, 0.25) is 16.0 Å². The maximum atomic E-state index is 12.8. The first kappa shape index (κ1) is 28.0. The molecule has 0 aliphatic heterocycles. The van der Waals surface area contributed by atoms with Crippen LogP contribution in [0.1, 0.15) is 17.5 Å². The summed E-state index contributed by atoms with van der Waals surface area (Å²) in [6.45, 7) is 0.504. The zero-order valence-corrected chi connectivity index (χ0v) is 19.5. The van der Waals surface area contributed by atoms with E-state index in [1.165, 1.54) is 0 Å². The van der Waals surface area contributed by atoms with Gasteiger partial charge in [0, 0.05) is 6.42 Å². The number of aliphatic carboxylic acids is 1. The van der Waals surface area contributed by atoms with Gasteiger partial charge in [-0.15, -0.1) is 0 Å². The van der Waals surface area contributed by atoms with E-state index >= 15 is 0 Å². The van der Waals surface area contributed by atoms with E-state index in [0.29, 0.717) is 35.9 Å². The average molecular weight is 539 g/mol. The third-order valence-electron chi connectivity index (χ3n) is 4.33. The van der Waals surface area contributed by atoms with Crippen LogP contribution in [0, 0.1) is 0 Å². The molecule has 0 spiro atoms. The first-order valence-corrected chi connectivity index (χ1v) is 11.7. The summed E-state index contributed by atoms with van der Waals surface area (Å²) in [5.41, 5.74) is 9.54. The molecule has 35 heavy (non-hydrogen) atoms. The second kappa shape index (κ2) is 12.0. The molecule has 1 atom stereocenters. The van der Waals surface area contributed by atoms with Crippen LogP contribution >= 0.6 is 11.6 Å². The van der Waals surface area contributed by atoms with Gasteiger partial charge in [0.25, 0.3) is 0 Å². The van der Waals surface area contributed by atoms with Crippen LogP contribution in [-0.4, -0.2) is 44.7 Å². The number of nitrogens with one attached hydrogen (secondary N) is 1. The van der Waals surface area contributed by atoms with Crippen LogP contribution in [0.5, 0.6) is 5.75 Å². The number of carboxylic acid groups (broad SMARTS) is 1. The zero-order valence-electron chi connectivity index (χ0n) is 18.0. The van der Waals surface area contributed by atoms with Gasteiger partial charge >= 0.3 is 12.1 Å². The van der Waals surface area contributed by atoms with Crippen LogP contribution < -0.4 is 20.9 Å². The number of benzene rings is 2. The van der Waals surface area contributed by atoms with Crippen molar-refractivity contribution in [1.82, 2.24) is 4.72 Å². The van der Waals surface area contributed by atoms with Gasteiger partial charge in [-0.25, -0.2) is 8.42 Å². The van der Waals surface area contributed by atoms with Crippen LogP contribution in [0.4, 0.5) is 13.2 Å². The summed E-state index contributed by atoms with van der Waals surface area (Å²) in [5.74, 6) is -1.22. The van der Waals surface area contributed by atoms with Gasteiger partial charge in [-0.1, -0.05) is 23.7 Å². The number of hydrogen-bond acceptors (Lipinski definition) is 6. The van der Waals surface area contributed by atoms with Crippen molar-refractivity contribution in [2.24, 2.45) is 16.6 Å².